The molecule has 0 unspecified atom stereocenters. The predicted octanol–water partition coefficient (Wildman–Crippen LogP) is 2.18. The first-order chi connectivity index (χ1) is 7.13. The summed E-state index contributed by atoms with van der Waals surface area (Å²) in [6.07, 6.45) is 0. The zero-order chi connectivity index (χ0) is 11.3. The Balaban J connectivity index is 2.59. The molecule has 78 valence electrons. The van der Waals surface area contributed by atoms with Gasteiger partial charge >= 0.3 is 0 Å². The van der Waals surface area contributed by atoms with Crippen LogP contribution in [0.5, 0.6) is 0 Å². The average Bonchev–Trinajstić information content (AvgIpc) is 2.17. The molecule has 1 amide bonds. The second kappa shape index (κ2) is 5.38. The Morgan fingerprint density at radius 2 is 2.33 bits per heavy atom. The van der Waals surface area contributed by atoms with Crippen LogP contribution in [0.2, 0.25) is 5.02 Å². The average molecular weight is 223 g/mol. The van der Waals surface area contributed by atoms with Gasteiger partial charge in [-0.2, -0.15) is 0 Å². The molecule has 1 N–H and O–H groups in total. The maximum absolute atomic E-state index is 11.0. The molecule has 0 aromatic heterocycles. The lowest BCUT2D eigenvalue weighted by atomic mass is 10.1. The fourth-order valence-corrected chi connectivity index (χ4v) is 1.41. The van der Waals surface area contributed by atoms with Crippen molar-refractivity contribution in [2.24, 2.45) is 0 Å². The summed E-state index contributed by atoms with van der Waals surface area (Å²) < 4.78 is 0. The molecule has 15 heavy (non-hydrogen) atoms. The van der Waals surface area contributed by atoms with Crippen molar-refractivity contribution in [3.05, 3.63) is 45.8 Å². The van der Waals surface area contributed by atoms with Gasteiger partial charge in [-0.25, -0.2) is 6.57 Å². The minimum Gasteiger partial charge on any atom is -0.346 e. The number of aryl methyl sites for hydroxylation is 1. The molecule has 0 spiro atoms. The van der Waals surface area contributed by atoms with E-state index in [1.165, 1.54) is 0 Å². The summed E-state index contributed by atoms with van der Waals surface area (Å²) in [7, 11) is 0. The van der Waals surface area contributed by atoms with Crippen molar-refractivity contribution < 1.29 is 4.79 Å². The molecule has 1 aromatic rings. The molecule has 4 heteroatoms. The van der Waals surface area contributed by atoms with Gasteiger partial charge in [0.15, 0.2) is 0 Å². The molecule has 0 bridgehead atoms. The zero-order valence-corrected chi connectivity index (χ0v) is 9.14. The predicted molar refractivity (Wildman–Crippen MR) is 59.5 cm³/mol. The fraction of sp³-hybridized carbons (Fsp3) is 0.273. The number of halogens is 1. The van der Waals surface area contributed by atoms with Gasteiger partial charge < -0.3 is 10.2 Å². The summed E-state index contributed by atoms with van der Waals surface area (Å²) in [5.74, 6) is -0.251. The van der Waals surface area contributed by atoms with Crippen molar-refractivity contribution >= 4 is 17.5 Å². The number of rotatable bonds is 3. The van der Waals surface area contributed by atoms with Crippen LogP contribution in [-0.4, -0.2) is 12.5 Å². The number of carbonyl (C=O) groups excluding carboxylic acids is 1. The molecule has 0 heterocycles. The molecule has 0 fully saturated rings. The summed E-state index contributed by atoms with van der Waals surface area (Å²) in [6.45, 7) is 8.79. The lowest BCUT2D eigenvalue weighted by Crippen LogP contribution is -2.24. The first-order valence-electron chi connectivity index (χ1n) is 4.48. The third kappa shape index (κ3) is 3.61. The molecular weight excluding hydrogens is 212 g/mol. The number of nitrogens with zero attached hydrogens (tertiary/aromatic N) is 1. The minimum atomic E-state index is -0.251. The summed E-state index contributed by atoms with van der Waals surface area (Å²) in [5.41, 5.74) is 2.04. The van der Waals surface area contributed by atoms with Crippen molar-refractivity contribution in [2.75, 3.05) is 6.54 Å². The molecule has 0 aliphatic carbocycles. The lowest BCUT2D eigenvalue weighted by Gasteiger charge is -2.06. The van der Waals surface area contributed by atoms with E-state index in [1.807, 2.05) is 19.1 Å². The van der Waals surface area contributed by atoms with Crippen molar-refractivity contribution in [3.8, 4) is 0 Å². The van der Waals surface area contributed by atoms with Gasteiger partial charge in [-0.05, 0) is 30.2 Å². The molecule has 0 atom stereocenters. The monoisotopic (exact) mass is 222 g/mol. The van der Waals surface area contributed by atoms with Gasteiger partial charge in [0.05, 0.1) is 0 Å². The Bertz CT molecular complexity index is 410. The van der Waals surface area contributed by atoms with Gasteiger partial charge in [0, 0.05) is 11.6 Å². The highest BCUT2D eigenvalue weighted by Crippen LogP contribution is 2.14. The Morgan fingerprint density at radius 3 is 2.93 bits per heavy atom. The van der Waals surface area contributed by atoms with Gasteiger partial charge in [-0.3, -0.25) is 4.79 Å². The summed E-state index contributed by atoms with van der Waals surface area (Å²) >= 11 is 5.80. The van der Waals surface area contributed by atoms with Gasteiger partial charge in [-0.1, -0.05) is 17.7 Å². The molecule has 1 rings (SSSR count). The zero-order valence-electron chi connectivity index (χ0n) is 8.38. The summed E-state index contributed by atoms with van der Waals surface area (Å²) in [5, 5.41) is 3.35. The highest BCUT2D eigenvalue weighted by atomic mass is 35.5. The molecule has 0 saturated heterocycles. The number of hydrogen-bond acceptors (Lipinski definition) is 1. The van der Waals surface area contributed by atoms with Crippen molar-refractivity contribution in [3.63, 3.8) is 0 Å². The van der Waals surface area contributed by atoms with Gasteiger partial charge in [0.25, 0.3) is 12.5 Å². The third-order valence-electron chi connectivity index (χ3n) is 2.00. The largest absolute Gasteiger partial charge is 0.346 e. The third-order valence-corrected chi connectivity index (χ3v) is 2.24. The van der Waals surface area contributed by atoms with Crippen molar-refractivity contribution in [2.45, 2.75) is 13.5 Å². The maximum atomic E-state index is 11.0. The Morgan fingerprint density at radius 1 is 1.60 bits per heavy atom. The van der Waals surface area contributed by atoms with Gasteiger partial charge in [0.2, 0.25) is 0 Å². The van der Waals surface area contributed by atoms with Crippen molar-refractivity contribution in [1.82, 2.24) is 5.32 Å². The summed E-state index contributed by atoms with van der Waals surface area (Å²) in [6, 6.07) is 5.50. The van der Waals surface area contributed by atoms with E-state index in [-0.39, 0.29) is 12.5 Å². The minimum absolute atomic E-state index is 0.118. The molecule has 0 aliphatic rings. The SMILES string of the molecule is [C-]#[N+]CC(=O)NCc1ccc(Cl)cc1C. The number of benzene rings is 1. The van der Waals surface area contributed by atoms with Crippen LogP contribution in [0.4, 0.5) is 0 Å². The first kappa shape index (κ1) is 11.5. The van der Waals surface area contributed by atoms with Crippen LogP contribution in [0, 0.1) is 13.5 Å². The highest BCUT2D eigenvalue weighted by molar-refractivity contribution is 6.30. The van der Waals surface area contributed by atoms with E-state index in [9.17, 15) is 4.79 Å². The van der Waals surface area contributed by atoms with E-state index in [0.29, 0.717) is 11.6 Å². The Kier molecular flexibility index (Phi) is 4.14. The standard InChI is InChI=1S/C11H11ClN2O/c1-8-5-10(12)4-3-9(8)6-14-11(15)7-13-2/h3-5H,6-7H2,1H3,(H,14,15). The topological polar surface area (TPSA) is 33.5 Å². The maximum Gasteiger partial charge on any atom is 0.300 e. The van der Waals surface area contributed by atoms with Crippen LogP contribution in [0.15, 0.2) is 18.2 Å². The van der Waals surface area contributed by atoms with E-state index < -0.39 is 0 Å². The fourth-order valence-electron chi connectivity index (χ4n) is 1.18. The number of hydrogen-bond donors (Lipinski definition) is 1. The van der Waals surface area contributed by atoms with Crippen LogP contribution in [0.3, 0.4) is 0 Å². The van der Waals surface area contributed by atoms with Gasteiger partial charge in [-0.15, -0.1) is 0 Å². The second-order valence-corrected chi connectivity index (χ2v) is 3.60. The number of carbonyl (C=O) groups is 1. The molecule has 1 aromatic carbocycles. The smallest absolute Gasteiger partial charge is 0.300 e. The van der Waals surface area contributed by atoms with Crippen LogP contribution in [-0.2, 0) is 11.3 Å². The van der Waals surface area contributed by atoms with E-state index in [4.69, 9.17) is 18.2 Å². The van der Waals surface area contributed by atoms with Crippen LogP contribution < -0.4 is 5.32 Å². The first-order valence-corrected chi connectivity index (χ1v) is 4.86. The van der Waals surface area contributed by atoms with E-state index >= 15 is 0 Å². The number of nitrogens with one attached hydrogen (secondary N) is 1. The van der Waals surface area contributed by atoms with Crippen LogP contribution in [0.1, 0.15) is 11.1 Å². The quantitative estimate of drug-likeness (QED) is 0.782. The lowest BCUT2D eigenvalue weighted by molar-refractivity contribution is -0.119. The normalized spacial score (nSPS) is 9.40. The second-order valence-electron chi connectivity index (χ2n) is 3.16. The van der Waals surface area contributed by atoms with E-state index in [1.54, 1.807) is 6.07 Å². The molecular formula is C11H11ClN2O. The van der Waals surface area contributed by atoms with Crippen LogP contribution >= 0.6 is 11.6 Å². The highest BCUT2D eigenvalue weighted by Gasteiger charge is 2.04. The molecule has 0 saturated carbocycles. The van der Waals surface area contributed by atoms with E-state index in [0.717, 1.165) is 11.1 Å². The molecule has 0 radical (unpaired) electrons. The van der Waals surface area contributed by atoms with E-state index in [2.05, 4.69) is 10.2 Å². The summed E-state index contributed by atoms with van der Waals surface area (Å²) in [4.78, 5) is 14.0. The van der Waals surface area contributed by atoms with Crippen LogP contribution in [0.25, 0.3) is 4.85 Å². The van der Waals surface area contributed by atoms with Gasteiger partial charge in [0.1, 0.15) is 0 Å². The van der Waals surface area contributed by atoms with Crippen molar-refractivity contribution in [1.29, 1.82) is 0 Å². The molecule has 3 nitrogen and oxygen atoms in total. The molecule has 0 aliphatic heterocycles. The Labute approximate surface area is 93.9 Å². The number of amides is 1. The Hall–Kier alpha value is -1.53.